The van der Waals surface area contributed by atoms with E-state index in [0.29, 0.717) is 9.92 Å². The molecule has 8 nitrogen and oxygen atoms in total. The first-order valence-corrected chi connectivity index (χ1v) is 11.0. The van der Waals surface area contributed by atoms with Gasteiger partial charge in [-0.2, -0.15) is 0 Å². The Labute approximate surface area is 193 Å². The van der Waals surface area contributed by atoms with E-state index in [9.17, 15) is 14.4 Å². The van der Waals surface area contributed by atoms with Gasteiger partial charge in [0, 0.05) is 36.7 Å². The van der Waals surface area contributed by atoms with Gasteiger partial charge in [-0.1, -0.05) is 39.3 Å². The molecule has 2 N–H and O–H groups in total. The molecule has 0 bridgehead atoms. The predicted octanol–water partition coefficient (Wildman–Crippen LogP) is 3.31. The van der Waals surface area contributed by atoms with Gasteiger partial charge >= 0.3 is 17.9 Å². The minimum absolute atomic E-state index is 0.0366. The highest BCUT2D eigenvalue weighted by atomic mass is 79.9. The number of halogens is 2. The first-order chi connectivity index (χ1) is 14.0. The molecule has 2 unspecified atom stereocenters. The number of carbonyl (C=O) groups is 3. The van der Waals surface area contributed by atoms with Gasteiger partial charge < -0.3 is 24.7 Å². The van der Waals surface area contributed by atoms with Crippen molar-refractivity contribution in [2.24, 2.45) is 5.73 Å². The smallest absolute Gasteiger partial charge is 0.303 e. The minimum atomic E-state index is -0.842. The molecular weight excluding hydrogens is 502 g/mol. The number of hydrogen-bond acceptors (Lipinski definition) is 9. The molecule has 0 heterocycles. The van der Waals surface area contributed by atoms with Crippen molar-refractivity contribution in [3.05, 3.63) is 27.7 Å². The molecule has 0 saturated heterocycles. The molecule has 0 radical (unpaired) electrons. The van der Waals surface area contributed by atoms with E-state index in [1.807, 2.05) is 0 Å². The fraction of sp³-hybridized carbons (Fsp3) is 0.526. The average molecular weight is 527 g/mol. The molecule has 0 aliphatic carbocycles. The van der Waals surface area contributed by atoms with Crippen LogP contribution in [0.4, 0.5) is 0 Å². The second-order valence-corrected chi connectivity index (χ2v) is 8.70. The van der Waals surface area contributed by atoms with E-state index in [1.165, 1.54) is 32.5 Å². The summed E-state index contributed by atoms with van der Waals surface area (Å²) in [5.41, 5.74) is 4.99. The van der Waals surface area contributed by atoms with E-state index >= 15 is 0 Å². The maximum absolute atomic E-state index is 11.6. The fourth-order valence-corrected chi connectivity index (χ4v) is 4.21. The second-order valence-electron chi connectivity index (χ2n) is 6.24. The quantitative estimate of drug-likeness (QED) is 0.201. The van der Waals surface area contributed by atoms with Crippen LogP contribution in [0.1, 0.15) is 27.7 Å². The summed E-state index contributed by atoms with van der Waals surface area (Å²) in [4.78, 5) is 34.9. The summed E-state index contributed by atoms with van der Waals surface area (Å²) in [6.45, 7) is 5.16. The number of thioether (sulfide) groups is 1. The Morgan fingerprint density at radius 3 is 2.27 bits per heavy atom. The van der Waals surface area contributed by atoms with Crippen LogP contribution in [0.2, 0.25) is 5.02 Å². The van der Waals surface area contributed by atoms with Gasteiger partial charge in [-0.3, -0.25) is 14.4 Å². The molecule has 0 aromatic heterocycles. The van der Waals surface area contributed by atoms with Gasteiger partial charge in [-0.05, 0) is 25.1 Å². The van der Waals surface area contributed by atoms with Crippen molar-refractivity contribution in [1.82, 2.24) is 0 Å². The van der Waals surface area contributed by atoms with Crippen molar-refractivity contribution in [2.45, 2.75) is 56.3 Å². The average Bonchev–Trinajstić information content (AvgIpc) is 2.64. The van der Waals surface area contributed by atoms with Gasteiger partial charge in [0.25, 0.3) is 0 Å². The second kappa shape index (κ2) is 13.2. The SMILES string of the molecule is CC(=O)OCC(OC(Sc1cc(Br)ccc1Cl)[C@H](CN)OC(C)=O)[C@@H](C)OC(C)=O. The van der Waals surface area contributed by atoms with Crippen LogP contribution in [-0.4, -0.2) is 54.8 Å². The standard InChI is InChI=1S/C19H25BrClNO7S/c1-10(27-12(3)24)17(9-26-11(2)23)29-19(16(8-22)28-13(4)25)30-18-7-14(20)5-6-15(18)21/h5-7,10,16-17,19H,8-9,22H2,1-4H3/t10-,16+,17?,19?/m1/s1. The van der Waals surface area contributed by atoms with Crippen molar-refractivity contribution < 1.29 is 33.3 Å². The highest BCUT2D eigenvalue weighted by Gasteiger charge is 2.33. The van der Waals surface area contributed by atoms with Crippen LogP contribution in [-0.2, 0) is 33.3 Å². The third kappa shape index (κ3) is 9.65. The molecule has 0 aliphatic heterocycles. The van der Waals surface area contributed by atoms with Crippen LogP contribution in [0.3, 0.4) is 0 Å². The van der Waals surface area contributed by atoms with E-state index in [0.717, 1.165) is 4.47 Å². The normalized spacial score (nSPS) is 14.9. The Balaban J connectivity index is 3.19. The molecule has 1 rings (SSSR count). The number of hydrogen-bond donors (Lipinski definition) is 1. The van der Waals surface area contributed by atoms with E-state index in [2.05, 4.69) is 15.9 Å². The number of benzene rings is 1. The fourth-order valence-electron chi connectivity index (χ4n) is 2.31. The Kier molecular flexibility index (Phi) is 11.7. The van der Waals surface area contributed by atoms with Gasteiger partial charge in [0.15, 0.2) is 0 Å². The minimum Gasteiger partial charge on any atom is -0.463 e. The van der Waals surface area contributed by atoms with Gasteiger partial charge in [0.05, 0.1) is 5.02 Å². The lowest BCUT2D eigenvalue weighted by atomic mass is 10.2. The first-order valence-electron chi connectivity index (χ1n) is 8.98. The van der Waals surface area contributed by atoms with Crippen molar-refractivity contribution in [3.63, 3.8) is 0 Å². The van der Waals surface area contributed by atoms with Gasteiger partial charge in [-0.25, -0.2) is 0 Å². The number of ether oxygens (including phenoxy) is 4. The summed E-state index contributed by atoms with van der Waals surface area (Å²) >= 11 is 10.9. The lowest BCUT2D eigenvalue weighted by Crippen LogP contribution is -2.44. The van der Waals surface area contributed by atoms with E-state index in [-0.39, 0.29) is 13.2 Å². The van der Waals surface area contributed by atoms with Crippen LogP contribution in [0, 0.1) is 0 Å². The zero-order chi connectivity index (χ0) is 22.8. The number of rotatable bonds is 11. The predicted molar refractivity (Wildman–Crippen MR) is 116 cm³/mol. The summed E-state index contributed by atoms with van der Waals surface area (Å²) in [6, 6.07) is 5.26. The van der Waals surface area contributed by atoms with E-state index in [4.69, 9.17) is 36.3 Å². The Bertz CT molecular complexity index is 752. The van der Waals surface area contributed by atoms with Crippen molar-refractivity contribution in [2.75, 3.05) is 13.2 Å². The maximum atomic E-state index is 11.6. The van der Waals surface area contributed by atoms with Crippen molar-refractivity contribution in [1.29, 1.82) is 0 Å². The highest BCUT2D eigenvalue weighted by Crippen LogP contribution is 2.36. The Hall–Kier alpha value is -1.33. The molecule has 168 valence electrons. The van der Waals surface area contributed by atoms with E-state index in [1.54, 1.807) is 25.1 Å². The summed E-state index contributed by atoms with van der Waals surface area (Å²) in [5.74, 6) is -1.58. The topological polar surface area (TPSA) is 114 Å². The van der Waals surface area contributed by atoms with Crippen molar-refractivity contribution >= 4 is 57.2 Å². The highest BCUT2D eigenvalue weighted by molar-refractivity contribution is 9.10. The monoisotopic (exact) mass is 525 g/mol. The summed E-state index contributed by atoms with van der Waals surface area (Å²) < 4.78 is 22.4. The summed E-state index contributed by atoms with van der Waals surface area (Å²) in [5, 5.41) is 0.458. The van der Waals surface area contributed by atoms with Gasteiger partial charge in [-0.15, -0.1) is 0 Å². The third-order valence-corrected chi connectivity index (χ3v) is 5.80. The molecule has 1 aromatic rings. The lowest BCUT2D eigenvalue weighted by Gasteiger charge is -2.31. The Morgan fingerprint density at radius 2 is 1.73 bits per heavy atom. The summed E-state index contributed by atoms with van der Waals surface area (Å²) in [7, 11) is 0. The molecule has 0 saturated carbocycles. The van der Waals surface area contributed by atoms with Crippen molar-refractivity contribution in [3.8, 4) is 0 Å². The molecule has 0 fully saturated rings. The molecule has 11 heteroatoms. The molecule has 30 heavy (non-hydrogen) atoms. The number of carbonyl (C=O) groups excluding carboxylic acids is 3. The molecule has 0 spiro atoms. The lowest BCUT2D eigenvalue weighted by molar-refractivity contribution is -0.169. The van der Waals surface area contributed by atoms with Crippen LogP contribution in [0.15, 0.2) is 27.6 Å². The van der Waals surface area contributed by atoms with Crippen LogP contribution < -0.4 is 5.73 Å². The molecule has 0 amide bonds. The van der Waals surface area contributed by atoms with Gasteiger partial charge in [0.1, 0.15) is 30.4 Å². The van der Waals surface area contributed by atoms with Crippen LogP contribution in [0.5, 0.6) is 0 Å². The summed E-state index contributed by atoms with van der Waals surface area (Å²) in [6.07, 6.45) is -2.43. The van der Waals surface area contributed by atoms with Crippen LogP contribution in [0.25, 0.3) is 0 Å². The zero-order valence-corrected chi connectivity index (χ0v) is 20.2. The number of nitrogens with two attached hydrogens (primary N) is 1. The molecular formula is C19H25BrClNO7S. The van der Waals surface area contributed by atoms with Gasteiger partial charge in [0.2, 0.25) is 0 Å². The zero-order valence-electron chi connectivity index (χ0n) is 17.1. The first kappa shape index (κ1) is 26.7. The van der Waals surface area contributed by atoms with E-state index < -0.39 is 41.7 Å². The van der Waals surface area contributed by atoms with Crippen LogP contribution >= 0.6 is 39.3 Å². The molecule has 4 atom stereocenters. The third-order valence-electron chi connectivity index (χ3n) is 3.62. The Morgan fingerprint density at radius 1 is 1.10 bits per heavy atom. The largest absolute Gasteiger partial charge is 0.463 e. The molecule has 1 aromatic carbocycles. The molecule has 0 aliphatic rings. The number of esters is 3. The maximum Gasteiger partial charge on any atom is 0.303 e.